The van der Waals surface area contributed by atoms with E-state index < -0.39 is 63.3 Å². The minimum Gasteiger partial charge on any atom is -0.354 e. The number of likely N-dealkylation sites (N-methyl/N-ethyl adjacent to an activating group) is 1. The van der Waals surface area contributed by atoms with Crippen molar-refractivity contribution >= 4 is 50.9 Å². The molecule has 0 spiro atoms. The number of nitrogens with one attached hydrogen (secondary N) is 3. The lowest BCUT2D eigenvalue weighted by atomic mass is 9.76. The SMILES string of the molecule is CNC(=O)C(F)(F)c1cccc(CONC(=O)[C@@H]2c3ccccc3C(=O)N([C@H]3CCCC[C@@H]3NS(C)(=O)=O)[C@H]2c2ccc(Cl)cc2Cl)c1. The standard InChI is InChI=1S/C33H34Cl2F2N4O6S/c1-38-32(44)33(36,37)20-9-7-8-19(16-20)18-47-39-30(42)28-22-10-3-4-11-23(22)31(43)41(29(28)24-15-14-21(34)17-25(24)35)27-13-6-5-12-26(27)40-48(2,45)46/h3-4,7-11,14-17,26-29,40H,5-6,12-13,18H2,1-2H3,(H,38,44)(H,39,42)/t26-,27-,28+,29-/m0/s1. The molecule has 3 N–H and O–H groups in total. The molecule has 1 fully saturated rings. The maximum absolute atomic E-state index is 14.6. The smallest absolute Gasteiger partial charge is 0.349 e. The van der Waals surface area contributed by atoms with Crippen LogP contribution >= 0.6 is 23.2 Å². The van der Waals surface area contributed by atoms with E-state index in [4.69, 9.17) is 28.0 Å². The van der Waals surface area contributed by atoms with Crippen LogP contribution in [0.25, 0.3) is 0 Å². The number of nitrogens with zero attached hydrogens (tertiary/aromatic N) is 1. The molecule has 5 rings (SSSR count). The van der Waals surface area contributed by atoms with Crippen molar-refractivity contribution in [2.75, 3.05) is 13.3 Å². The van der Waals surface area contributed by atoms with Gasteiger partial charge < -0.3 is 10.2 Å². The molecule has 4 atom stereocenters. The van der Waals surface area contributed by atoms with Crippen molar-refractivity contribution < 1.29 is 36.4 Å². The number of halogens is 4. The minimum atomic E-state index is -3.79. The van der Waals surface area contributed by atoms with Crippen molar-refractivity contribution in [3.05, 3.63) is 105 Å². The second-order valence-corrected chi connectivity index (χ2v) is 14.5. The molecule has 0 saturated heterocycles. The van der Waals surface area contributed by atoms with Crippen LogP contribution in [0.3, 0.4) is 0 Å². The van der Waals surface area contributed by atoms with Crippen molar-refractivity contribution in [2.24, 2.45) is 0 Å². The first-order valence-electron chi connectivity index (χ1n) is 15.2. The number of benzene rings is 3. The van der Waals surface area contributed by atoms with Crippen molar-refractivity contribution in [1.29, 1.82) is 0 Å². The van der Waals surface area contributed by atoms with Gasteiger partial charge in [0.15, 0.2) is 0 Å². The molecule has 0 bridgehead atoms. The Morgan fingerprint density at radius 2 is 1.73 bits per heavy atom. The molecule has 1 aliphatic carbocycles. The number of hydrogen-bond donors (Lipinski definition) is 3. The van der Waals surface area contributed by atoms with E-state index in [0.29, 0.717) is 29.0 Å². The molecular weight excluding hydrogens is 689 g/mol. The largest absolute Gasteiger partial charge is 0.354 e. The first-order chi connectivity index (χ1) is 22.7. The number of fused-ring (bicyclic) bond motifs is 1. The second-order valence-electron chi connectivity index (χ2n) is 11.8. The maximum Gasteiger partial charge on any atom is 0.349 e. The average molecular weight is 724 g/mol. The quantitative estimate of drug-likeness (QED) is 0.246. The number of hydroxylamine groups is 1. The van der Waals surface area contributed by atoms with Crippen molar-refractivity contribution in [3.8, 4) is 0 Å². The van der Waals surface area contributed by atoms with Crippen LogP contribution in [-0.4, -0.2) is 56.4 Å². The molecule has 15 heteroatoms. The molecule has 1 saturated carbocycles. The Morgan fingerprint density at radius 1 is 1.00 bits per heavy atom. The molecule has 1 aliphatic heterocycles. The Kier molecular flexibility index (Phi) is 10.8. The van der Waals surface area contributed by atoms with Gasteiger partial charge >= 0.3 is 5.92 Å². The summed E-state index contributed by atoms with van der Waals surface area (Å²) >= 11 is 13.0. The summed E-state index contributed by atoms with van der Waals surface area (Å²) in [6.07, 6.45) is 3.45. The highest BCUT2D eigenvalue weighted by molar-refractivity contribution is 7.88. The summed E-state index contributed by atoms with van der Waals surface area (Å²) in [5.41, 5.74) is 3.20. The molecule has 3 amide bonds. The number of carbonyl (C=O) groups is 3. The summed E-state index contributed by atoms with van der Waals surface area (Å²) in [5.74, 6) is -7.41. The number of amides is 3. The van der Waals surface area contributed by atoms with Gasteiger partial charge in [-0.25, -0.2) is 18.6 Å². The highest BCUT2D eigenvalue weighted by atomic mass is 35.5. The van der Waals surface area contributed by atoms with Crippen LogP contribution in [0.4, 0.5) is 8.78 Å². The Bertz CT molecular complexity index is 1830. The second kappa shape index (κ2) is 14.5. The van der Waals surface area contributed by atoms with Gasteiger partial charge in [0.2, 0.25) is 10.0 Å². The molecule has 48 heavy (non-hydrogen) atoms. The molecule has 1 heterocycles. The molecule has 0 unspecified atom stereocenters. The van der Waals surface area contributed by atoms with Crippen LogP contribution in [0.2, 0.25) is 10.0 Å². The van der Waals surface area contributed by atoms with E-state index in [2.05, 4.69) is 10.2 Å². The zero-order valence-electron chi connectivity index (χ0n) is 26.0. The number of sulfonamides is 1. The van der Waals surface area contributed by atoms with E-state index in [1.165, 1.54) is 18.2 Å². The summed E-state index contributed by atoms with van der Waals surface area (Å²) in [5, 5.41) is 2.47. The fourth-order valence-corrected chi connectivity index (χ4v) is 7.87. The minimum absolute atomic E-state index is 0.195. The summed E-state index contributed by atoms with van der Waals surface area (Å²) in [6, 6.07) is 14.1. The van der Waals surface area contributed by atoms with Crippen LogP contribution in [0.15, 0.2) is 66.7 Å². The monoisotopic (exact) mass is 722 g/mol. The normalized spacial score (nSPS) is 21.4. The third kappa shape index (κ3) is 7.50. The third-order valence-electron chi connectivity index (χ3n) is 8.61. The molecule has 0 aromatic heterocycles. The lowest BCUT2D eigenvalue weighted by molar-refractivity contribution is -0.146. The fraction of sp³-hybridized carbons (Fsp3) is 0.364. The summed E-state index contributed by atoms with van der Waals surface area (Å²) < 4.78 is 56.6. The van der Waals surface area contributed by atoms with Crippen LogP contribution in [0, 0.1) is 0 Å². The fourth-order valence-electron chi connectivity index (χ4n) is 6.53. The third-order valence-corrected chi connectivity index (χ3v) is 9.90. The Labute approximate surface area is 287 Å². The first kappa shape index (κ1) is 35.7. The Hall–Kier alpha value is -3.62. The number of hydrogen-bond acceptors (Lipinski definition) is 6. The molecular formula is C33H34Cl2F2N4O6S. The molecule has 3 aromatic rings. The van der Waals surface area contributed by atoms with Crippen LogP contribution < -0.4 is 15.5 Å². The Morgan fingerprint density at radius 3 is 2.44 bits per heavy atom. The lowest BCUT2D eigenvalue weighted by Crippen LogP contribution is -2.59. The molecule has 256 valence electrons. The Balaban J connectivity index is 1.52. The average Bonchev–Trinajstić information content (AvgIpc) is 3.04. The van der Waals surface area contributed by atoms with Gasteiger partial charge in [0.25, 0.3) is 17.7 Å². The van der Waals surface area contributed by atoms with Gasteiger partial charge in [0.05, 0.1) is 24.8 Å². The number of rotatable bonds is 10. The highest BCUT2D eigenvalue weighted by Gasteiger charge is 2.49. The molecule has 3 aromatic carbocycles. The van der Waals surface area contributed by atoms with Crippen molar-refractivity contribution in [3.63, 3.8) is 0 Å². The van der Waals surface area contributed by atoms with Crippen molar-refractivity contribution in [1.82, 2.24) is 20.4 Å². The summed E-state index contributed by atoms with van der Waals surface area (Å²) in [7, 11) is -2.55. The predicted octanol–water partition coefficient (Wildman–Crippen LogP) is 5.22. The maximum atomic E-state index is 14.6. The van der Waals surface area contributed by atoms with E-state index >= 15 is 0 Å². The van der Waals surface area contributed by atoms with E-state index in [1.807, 2.05) is 5.32 Å². The molecule has 2 aliphatic rings. The van der Waals surface area contributed by atoms with Gasteiger partial charge in [0, 0.05) is 40.3 Å². The highest BCUT2D eigenvalue weighted by Crippen LogP contribution is 2.48. The topological polar surface area (TPSA) is 134 Å². The molecule has 0 radical (unpaired) electrons. The molecule has 10 nitrogen and oxygen atoms in total. The summed E-state index contributed by atoms with van der Waals surface area (Å²) in [6.45, 7) is -0.324. The lowest BCUT2D eigenvalue weighted by Gasteiger charge is -2.49. The van der Waals surface area contributed by atoms with Crippen molar-refractivity contribution in [2.45, 2.75) is 62.3 Å². The zero-order valence-corrected chi connectivity index (χ0v) is 28.3. The first-order valence-corrected chi connectivity index (χ1v) is 17.8. The number of carbonyl (C=O) groups excluding carboxylic acids is 3. The van der Waals surface area contributed by atoms with E-state index in [9.17, 15) is 31.6 Å². The van der Waals surface area contributed by atoms with Gasteiger partial charge in [-0.05, 0) is 53.8 Å². The van der Waals surface area contributed by atoms with E-state index in [0.717, 1.165) is 38.3 Å². The summed E-state index contributed by atoms with van der Waals surface area (Å²) in [4.78, 5) is 47.4. The van der Waals surface area contributed by atoms with Gasteiger partial charge in [-0.1, -0.05) is 78.5 Å². The van der Waals surface area contributed by atoms with Gasteiger partial charge in [0.1, 0.15) is 0 Å². The van der Waals surface area contributed by atoms with E-state index in [1.54, 1.807) is 41.3 Å². The van der Waals surface area contributed by atoms with Gasteiger partial charge in [-0.2, -0.15) is 8.78 Å². The zero-order chi connectivity index (χ0) is 34.8. The predicted molar refractivity (Wildman–Crippen MR) is 176 cm³/mol. The van der Waals surface area contributed by atoms with E-state index in [-0.39, 0.29) is 22.8 Å². The van der Waals surface area contributed by atoms with Crippen LogP contribution in [-0.2, 0) is 37.0 Å². The number of alkyl halides is 2. The van der Waals surface area contributed by atoms with Gasteiger partial charge in [-0.3, -0.25) is 19.2 Å². The van der Waals surface area contributed by atoms with Crippen LogP contribution in [0.1, 0.15) is 70.3 Å². The van der Waals surface area contributed by atoms with Gasteiger partial charge in [-0.15, -0.1) is 0 Å². The van der Waals surface area contributed by atoms with Crippen LogP contribution in [0.5, 0.6) is 0 Å².